The molecular weight excluding hydrogens is 206 g/mol. The van der Waals surface area contributed by atoms with Gasteiger partial charge in [-0.05, 0) is 19.9 Å². The molecule has 0 fully saturated rings. The van der Waals surface area contributed by atoms with Gasteiger partial charge in [-0.3, -0.25) is 10.1 Å². The molecule has 0 spiro atoms. The summed E-state index contributed by atoms with van der Waals surface area (Å²) in [5, 5.41) is 11.8. The summed E-state index contributed by atoms with van der Waals surface area (Å²) < 4.78 is 5.22. The van der Waals surface area contributed by atoms with E-state index in [9.17, 15) is 4.79 Å². The first-order valence-corrected chi connectivity index (χ1v) is 5.18. The van der Waals surface area contributed by atoms with Gasteiger partial charge in [-0.1, -0.05) is 18.2 Å². The Hall–Kier alpha value is -1.55. The van der Waals surface area contributed by atoms with E-state index in [0.717, 1.165) is 11.3 Å². The van der Waals surface area contributed by atoms with E-state index in [-0.39, 0.29) is 6.04 Å². The summed E-state index contributed by atoms with van der Waals surface area (Å²) >= 11 is 0. The van der Waals surface area contributed by atoms with Crippen LogP contribution in [0.3, 0.4) is 0 Å². The van der Waals surface area contributed by atoms with Gasteiger partial charge in [0.15, 0.2) is 0 Å². The number of carboxylic acid groups (broad SMARTS) is 1. The van der Waals surface area contributed by atoms with Gasteiger partial charge in [-0.2, -0.15) is 0 Å². The lowest BCUT2D eigenvalue weighted by atomic mass is 10.1. The largest absolute Gasteiger partial charge is 0.496 e. The predicted octanol–water partition coefficient (Wildman–Crippen LogP) is 1.82. The highest BCUT2D eigenvalue weighted by Crippen LogP contribution is 2.24. The number of carbonyl (C=O) groups is 1. The minimum Gasteiger partial charge on any atom is -0.496 e. The van der Waals surface area contributed by atoms with Crippen molar-refractivity contribution in [2.45, 2.75) is 25.9 Å². The summed E-state index contributed by atoms with van der Waals surface area (Å²) in [6.07, 6.45) is 0. The highest BCUT2D eigenvalue weighted by molar-refractivity contribution is 5.72. The molecule has 0 saturated carbocycles. The van der Waals surface area contributed by atoms with Gasteiger partial charge in [-0.25, -0.2) is 0 Å². The molecule has 16 heavy (non-hydrogen) atoms. The van der Waals surface area contributed by atoms with Crippen molar-refractivity contribution in [1.29, 1.82) is 0 Å². The maximum atomic E-state index is 10.7. The van der Waals surface area contributed by atoms with E-state index in [1.165, 1.54) is 0 Å². The van der Waals surface area contributed by atoms with Crippen molar-refractivity contribution in [3.8, 4) is 5.75 Å². The number of nitrogens with one attached hydrogen (secondary N) is 1. The van der Waals surface area contributed by atoms with Crippen LogP contribution in [0.1, 0.15) is 25.5 Å². The molecule has 0 bridgehead atoms. The summed E-state index contributed by atoms with van der Waals surface area (Å²) in [5.41, 5.74) is 0.957. The summed E-state index contributed by atoms with van der Waals surface area (Å²) in [7, 11) is 1.60. The molecule has 1 unspecified atom stereocenters. The number of hydrogen-bond acceptors (Lipinski definition) is 3. The Kier molecular flexibility index (Phi) is 4.31. The van der Waals surface area contributed by atoms with Crippen LogP contribution in [0.25, 0.3) is 0 Å². The minimum absolute atomic E-state index is 0.0674. The number of benzene rings is 1. The average Bonchev–Trinajstić information content (AvgIpc) is 2.28. The lowest BCUT2D eigenvalue weighted by molar-refractivity contribution is -0.139. The van der Waals surface area contributed by atoms with Crippen LogP contribution in [0.2, 0.25) is 0 Å². The molecular formula is C12H17NO3. The zero-order valence-electron chi connectivity index (χ0n) is 9.73. The number of methoxy groups -OCH3 is 1. The fraction of sp³-hybridized carbons (Fsp3) is 0.417. The lowest BCUT2D eigenvalue weighted by Gasteiger charge is -2.19. The Bertz CT molecular complexity index is 365. The van der Waals surface area contributed by atoms with Gasteiger partial charge in [0, 0.05) is 11.6 Å². The van der Waals surface area contributed by atoms with Crippen LogP contribution in [0, 0.1) is 0 Å². The summed E-state index contributed by atoms with van der Waals surface area (Å²) in [4.78, 5) is 10.7. The molecule has 88 valence electrons. The molecule has 0 aliphatic rings. The van der Waals surface area contributed by atoms with E-state index in [1.54, 1.807) is 14.0 Å². The minimum atomic E-state index is -0.859. The smallest absolute Gasteiger partial charge is 0.320 e. The third-order valence-electron chi connectivity index (χ3n) is 2.48. The molecule has 2 atom stereocenters. The van der Waals surface area contributed by atoms with Gasteiger partial charge in [0.25, 0.3) is 0 Å². The second kappa shape index (κ2) is 5.51. The van der Waals surface area contributed by atoms with Crippen molar-refractivity contribution >= 4 is 5.97 Å². The molecule has 1 aromatic rings. The Balaban J connectivity index is 2.79. The summed E-state index contributed by atoms with van der Waals surface area (Å²) in [6.45, 7) is 3.53. The molecule has 4 heteroatoms. The van der Waals surface area contributed by atoms with Crippen molar-refractivity contribution in [1.82, 2.24) is 5.32 Å². The first-order valence-electron chi connectivity index (χ1n) is 5.18. The third-order valence-corrected chi connectivity index (χ3v) is 2.48. The number of carboxylic acids is 1. The zero-order chi connectivity index (χ0) is 12.1. The van der Waals surface area contributed by atoms with Crippen LogP contribution in [-0.2, 0) is 4.79 Å². The highest BCUT2D eigenvalue weighted by atomic mass is 16.5. The molecule has 0 radical (unpaired) electrons. The van der Waals surface area contributed by atoms with Crippen molar-refractivity contribution in [2.24, 2.45) is 0 Å². The standard InChI is InChI=1S/C12H17NO3/c1-8(13-9(2)12(14)15)10-6-4-5-7-11(10)16-3/h4-9,13H,1-3H3,(H,14,15)/t8-,9?/m1/s1. The van der Waals surface area contributed by atoms with Gasteiger partial charge in [0.05, 0.1) is 7.11 Å². The monoisotopic (exact) mass is 223 g/mol. The molecule has 0 amide bonds. The van der Waals surface area contributed by atoms with Crippen molar-refractivity contribution < 1.29 is 14.6 Å². The fourth-order valence-electron chi connectivity index (χ4n) is 1.56. The van der Waals surface area contributed by atoms with Crippen LogP contribution < -0.4 is 10.1 Å². The number of aliphatic carboxylic acids is 1. The van der Waals surface area contributed by atoms with Crippen molar-refractivity contribution in [2.75, 3.05) is 7.11 Å². The molecule has 1 aromatic carbocycles. The third kappa shape index (κ3) is 2.97. The molecule has 0 saturated heterocycles. The van der Waals surface area contributed by atoms with E-state index in [0.29, 0.717) is 0 Å². The summed E-state index contributed by atoms with van der Waals surface area (Å²) in [5.74, 6) is -0.0955. The second-order valence-electron chi connectivity index (χ2n) is 3.69. The number of hydrogen-bond donors (Lipinski definition) is 2. The van der Waals surface area contributed by atoms with Gasteiger partial charge in [0.1, 0.15) is 11.8 Å². The average molecular weight is 223 g/mol. The molecule has 0 aliphatic carbocycles. The van der Waals surface area contributed by atoms with Crippen LogP contribution in [-0.4, -0.2) is 24.2 Å². The fourth-order valence-corrected chi connectivity index (χ4v) is 1.56. The Morgan fingerprint density at radius 1 is 1.38 bits per heavy atom. The maximum absolute atomic E-state index is 10.7. The first-order chi connectivity index (χ1) is 7.56. The van der Waals surface area contributed by atoms with E-state index in [4.69, 9.17) is 9.84 Å². The lowest BCUT2D eigenvalue weighted by Crippen LogP contribution is -2.35. The van der Waals surface area contributed by atoms with Crippen molar-refractivity contribution in [3.63, 3.8) is 0 Å². The second-order valence-corrected chi connectivity index (χ2v) is 3.69. The van der Waals surface area contributed by atoms with Gasteiger partial charge < -0.3 is 9.84 Å². The number of ether oxygens (including phenoxy) is 1. The highest BCUT2D eigenvalue weighted by Gasteiger charge is 2.16. The SMILES string of the molecule is COc1ccccc1[C@@H](C)NC(C)C(=O)O. The first kappa shape index (κ1) is 12.5. The van der Waals surface area contributed by atoms with Crippen molar-refractivity contribution in [3.05, 3.63) is 29.8 Å². The molecule has 2 N–H and O–H groups in total. The topological polar surface area (TPSA) is 58.6 Å². The van der Waals surface area contributed by atoms with E-state index in [2.05, 4.69) is 5.32 Å². The Morgan fingerprint density at radius 3 is 2.56 bits per heavy atom. The molecule has 1 rings (SSSR count). The van der Waals surface area contributed by atoms with E-state index >= 15 is 0 Å². The Labute approximate surface area is 95.2 Å². The van der Waals surface area contributed by atoms with Crippen LogP contribution in [0.5, 0.6) is 5.75 Å². The number of rotatable bonds is 5. The maximum Gasteiger partial charge on any atom is 0.320 e. The Morgan fingerprint density at radius 2 is 2.00 bits per heavy atom. The van der Waals surface area contributed by atoms with E-state index in [1.807, 2.05) is 31.2 Å². The summed E-state index contributed by atoms with van der Waals surface area (Å²) in [6, 6.07) is 6.92. The molecule has 0 aromatic heterocycles. The van der Waals surface area contributed by atoms with Gasteiger partial charge >= 0.3 is 5.97 Å². The molecule has 0 heterocycles. The van der Waals surface area contributed by atoms with Gasteiger partial charge in [0.2, 0.25) is 0 Å². The predicted molar refractivity (Wildman–Crippen MR) is 61.6 cm³/mol. The zero-order valence-corrected chi connectivity index (χ0v) is 9.73. The van der Waals surface area contributed by atoms with Crippen LogP contribution in [0.4, 0.5) is 0 Å². The quantitative estimate of drug-likeness (QED) is 0.799. The molecule has 0 aliphatic heterocycles. The van der Waals surface area contributed by atoms with Crippen LogP contribution in [0.15, 0.2) is 24.3 Å². The van der Waals surface area contributed by atoms with Crippen LogP contribution >= 0.6 is 0 Å². The van der Waals surface area contributed by atoms with Gasteiger partial charge in [-0.15, -0.1) is 0 Å². The number of para-hydroxylation sites is 1. The normalized spacial score (nSPS) is 14.2. The molecule has 4 nitrogen and oxygen atoms in total. The van der Waals surface area contributed by atoms with E-state index < -0.39 is 12.0 Å².